The van der Waals surface area contributed by atoms with Gasteiger partial charge in [0.2, 0.25) is 0 Å². The highest BCUT2D eigenvalue weighted by Gasteiger charge is 2.87. The van der Waals surface area contributed by atoms with E-state index in [0.717, 1.165) is 0 Å². The third kappa shape index (κ3) is 0.693. The van der Waals surface area contributed by atoms with Gasteiger partial charge in [-0.05, 0) is 5.92 Å². The van der Waals surface area contributed by atoms with Gasteiger partial charge in [0.05, 0.1) is 17.6 Å². The van der Waals surface area contributed by atoms with Crippen LogP contribution in [0.15, 0.2) is 12.2 Å². The summed E-state index contributed by atoms with van der Waals surface area (Å²) >= 11 is 0. The van der Waals surface area contributed by atoms with Crippen molar-refractivity contribution in [1.29, 1.82) is 0 Å². The summed E-state index contributed by atoms with van der Waals surface area (Å²) in [5.41, 5.74) is -1.58. The van der Waals surface area contributed by atoms with Crippen LogP contribution in [0.4, 0.5) is 13.2 Å². The SMILES string of the molecule is FC(F)(F)C12C=C[C@H]3[C@@H]4OCO[C@@H]4C1[C@H]32. The van der Waals surface area contributed by atoms with E-state index in [4.69, 9.17) is 9.47 Å². The number of ether oxygens (including phenoxy) is 2. The molecule has 4 aliphatic rings. The molecule has 82 valence electrons. The monoisotopic (exact) mass is 218 g/mol. The van der Waals surface area contributed by atoms with Crippen molar-refractivity contribution in [3.8, 4) is 0 Å². The minimum atomic E-state index is -4.13. The topological polar surface area (TPSA) is 18.5 Å². The van der Waals surface area contributed by atoms with Crippen LogP contribution < -0.4 is 0 Å². The smallest absolute Gasteiger partial charge is 0.349 e. The standard InChI is InChI=1S/C10H9F3O2/c11-10(12,13)9-2-1-4-5(9)6(9)8-7(4)14-3-15-8/h1-2,4-8H,3H2/t4-,5+,6?,7+,8-,9?/m1/s1. The number of rotatable bonds is 0. The lowest BCUT2D eigenvalue weighted by molar-refractivity contribution is -0.186. The second-order valence-electron chi connectivity index (χ2n) is 4.80. The molecule has 5 heteroatoms. The Morgan fingerprint density at radius 2 is 1.87 bits per heavy atom. The zero-order valence-corrected chi connectivity index (χ0v) is 7.70. The molecule has 1 heterocycles. The van der Waals surface area contributed by atoms with Gasteiger partial charge >= 0.3 is 6.18 Å². The van der Waals surface area contributed by atoms with Crippen LogP contribution >= 0.6 is 0 Å². The summed E-state index contributed by atoms with van der Waals surface area (Å²) in [6.07, 6.45) is -1.58. The van der Waals surface area contributed by atoms with Gasteiger partial charge < -0.3 is 9.47 Å². The largest absolute Gasteiger partial charge is 0.398 e. The first-order valence-corrected chi connectivity index (χ1v) is 5.07. The molecular formula is C10H9F3O2. The first kappa shape index (κ1) is 8.58. The van der Waals surface area contributed by atoms with Crippen LogP contribution in [-0.4, -0.2) is 25.2 Å². The molecule has 0 aromatic carbocycles. The Morgan fingerprint density at radius 1 is 1.13 bits per heavy atom. The van der Waals surface area contributed by atoms with E-state index in [-0.39, 0.29) is 36.8 Å². The highest BCUT2D eigenvalue weighted by molar-refractivity contribution is 5.40. The molecule has 2 unspecified atom stereocenters. The van der Waals surface area contributed by atoms with Crippen LogP contribution in [0.3, 0.4) is 0 Å². The number of allylic oxidation sites excluding steroid dienone is 1. The zero-order valence-electron chi connectivity index (χ0n) is 7.70. The summed E-state index contributed by atoms with van der Waals surface area (Å²) in [7, 11) is 0. The Kier molecular flexibility index (Phi) is 1.21. The second-order valence-corrected chi connectivity index (χ2v) is 4.80. The van der Waals surface area contributed by atoms with Gasteiger partial charge in [0.15, 0.2) is 0 Å². The third-order valence-corrected chi connectivity index (χ3v) is 4.46. The van der Waals surface area contributed by atoms with Crippen molar-refractivity contribution in [2.75, 3.05) is 6.79 Å². The van der Waals surface area contributed by atoms with Crippen molar-refractivity contribution in [2.24, 2.45) is 23.2 Å². The maximum atomic E-state index is 13.0. The molecule has 2 nitrogen and oxygen atoms in total. The number of halogens is 3. The number of hydrogen-bond donors (Lipinski definition) is 0. The van der Waals surface area contributed by atoms with Gasteiger partial charge in [-0.3, -0.25) is 0 Å². The van der Waals surface area contributed by atoms with Gasteiger partial charge in [-0.2, -0.15) is 13.2 Å². The first-order valence-electron chi connectivity index (χ1n) is 5.07. The lowest BCUT2D eigenvalue weighted by Gasteiger charge is -2.22. The molecule has 0 N–H and O–H groups in total. The average Bonchev–Trinajstić information content (AvgIpc) is 2.53. The molecule has 4 rings (SSSR count). The van der Waals surface area contributed by atoms with E-state index in [1.807, 2.05) is 0 Å². The van der Waals surface area contributed by atoms with Gasteiger partial charge in [0.1, 0.15) is 6.79 Å². The molecule has 0 radical (unpaired) electrons. The fourth-order valence-electron chi connectivity index (χ4n) is 3.92. The molecule has 0 amide bonds. The number of hydrogen-bond acceptors (Lipinski definition) is 2. The lowest BCUT2D eigenvalue weighted by atomic mass is 9.93. The molecule has 3 fully saturated rings. The van der Waals surface area contributed by atoms with Crippen molar-refractivity contribution in [3.05, 3.63) is 12.2 Å². The predicted octanol–water partition coefficient (Wildman–Crippen LogP) is 1.72. The minimum Gasteiger partial charge on any atom is -0.349 e. The molecule has 0 bridgehead atoms. The molecule has 0 aromatic heterocycles. The van der Waals surface area contributed by atoms with E-state index in [1.165, 1.54) is 6.08 Å². The molecule has 2 saturated carbocycles. The van der Waals surface area contributed by atoms with Gasteiger partial charge in [-0.1, -0.05) is 12.2 Å². The summed E-state index contributed by atoms with van der Waals surface area (Å²) in [6.45, 7) is 0.150. The summed E-state index contributed by atoms with van der Waals surface area (Å²) in [4.78, 5) is 0. The fraction of sp³-hybridized carbons (Fsp3) is 0.800. The van der Waals surface area contributed by atoms with E-state index in [2.05, 4.69) is 0 Å². The summed E-state index contributed by atoms with van der Waals surface area (Å²) in [6, 6.07) is 0. The van der Waals surface area contributed by atoms with Crippen LogP contribution in [0.1, 0.15) is 0 Å². The Balaban J connectivity index is 1.78. The van der Waals surface area contributed by atoms with Gasteiger partial charge in [-0.25, -0.2) is 0 Å². The predicted molar refractivity (Wildman–Crippen MR) is 42.7 cm³/mol. The Labute approximate surface area is 84.0 Å². The molecular weight excluding hydrogens is 209 g/mol. The summed E-state index contributed by atoms with van der Waals surface area (Å²) < 4.78 is 49.5. The molecule has 0 aromatic rings. The average molecular weight is 218 g/mol. The Bertz CT molecular complexity index is 364. The van der Waals surface area contributed by atoms with Crippen LogP contribution in [0.5, 0.6) is 0 Å². The molecule has 0 spiro atoms. The summed E-state index contributed by atoms with van der Waals surface area (Å²) in [5, 5.41) is 0. The van der Waals surface area contributed by atoms with Gasteiger partial charge in [0, 0.05) is 11.8 Å². The summed E-state index contributed by atoms with van der Waals surface area (Å²) in [5.74, 6) is -0.781. The van der Waals surface area contributed by atoms with E-state index >= 15 is 0 Å². The quantitative estimate of drug-likeness (QED) is 0.576. The Hall–Kier alpha value is -0.550. The molecule has 6 atom stereocenters. The molecule has 1 saturated heterocycles. The van der Waals surface area contributed by atoms with Crippen molar-refractivity contribution in [1.82, 2.24) is 0 Å². The fourth-order valence-corrected chi connectivity index (χ4v) is 3.92. The van der Waals surface area contributed by atoms with Crippen molar-refractivity contribution in [2.45, 2.75) is 18.4 Å². The number of alkyl halides is 3. The lowest BCUT2D eigenvalue weighted by Crippen LogP contribution is -2.35. The van der Waals surface area contributed by atoms with E-state index in [0.29, 0.717) is 0 Å². The molecule has 3 aliphatic carbocycles. The van der Waals surface area contributed by atoms with Gasteiger partial charge in [-0.15, -0.1) is 0 Å². The Morgan fingerprint density at radius 3 is 2.60 bits per heavy atom. The zero-order chi connectivity index (χ0) is 10.4. The minimum absolute atomic E-state index is 0.0795. The van der Waals surface area contributed by atoms with Crippen LogP contribution in [0.2, 0.25) is 0 Å². The molecule has 1 aliphatic heterocycles. The number of fused-ring (bicyclic) bond motifs is 4. The van der Waals surface area contributed by atoms with Crippen molar-refractivity contribution >= 4 is 0 Å². The van der Waals surface area contributed by atoms with E-state index < -0.39 is 11.6 Å². The normalized spacial score (nSPS) is 59.5. The first-order chi connectivity index (χ1) is 7.07. The van der Waals surface area contributed by atoms with Gasteiger partial charge in [0.25, 0.3) is 0 Å². The highest BCUT2D eigenvalue weighted by atomic mass is 19.4. The van der Waals surface area contributed by atoms with Crippen LogP contribution in [0, 0.1) is 23.2 Å². The van der Waals surface area contributed by atoms with Crippen LogP contribution in [-0.2, 0) is 9.47 Å². The maximum Gasteiger partial charge on any atom is 0.398 e. The van der Waals surface area contributed by atoms with Crippen molar-refractivity contribution < 1.29 is 22.6 Å². The second kappa shape index (κ2) is 2.11. The maximum absolute atomic E-state index is 13.0. The van der Waals surface area contributed by atoms with Crippen molar-refractivity contribution in [3.63, 3.8) is 0 Å². The third-order valence-electron chi connectivity index (χ3n) is 4.46. The molecule has 15 heavy (non-hydrogen) atoms. The van der Waals surface area contributed by atoms with Crippen LogP contribution in [0.25, 0.3) is 0 Å². The highest BCUT2D eigenvalue weighted by Crippen LogP contribution is 2.80. The van der Waals surface area contributed by atoms with E-state index in [9.17, 15) is 13.2 Å². The van der Waals surface area contributed by atoms with E-state index in [1.54, 1.807) is 6.08 Å².